The van der Waals surface area contributed by atoms with E-state index < -0.39 is 38.7 Å². The first kappa shape index (κ1) is 40.2. The predicted molar refractivity (Wildman–Crippen MR) is 174 cm³/mol. The Balaban J connectivity index is 7.01. The molecule has 7 heteroatoms. The Morgan fingerprint density at radius 2 is 0.667 bits per heavy atom. The van der Waals surface area contributed by atoms with Gasteiger partial charge in [0.1, 0.15) is 0 Å². The Kier molecular flexibility index (Phi) is 24.3. The summed E-state index contributed by atoms with van der Waals surface area (Å²) in [7, 11) is -4.21. The van der Waals surface area contributed by atoms with E-state index in [1.807, 2.05) is 0 Å². The molecule has 0 aliphatic heterocycles. The van der Waals surface area contributed by atoms with Crippen molar-refractivity contribution in [2.75, 3.05) is 0 Å². The molecule has 236 valence electrons. The molecular formula is C32H72O4Si2Zr. The van der Waals surface area contributed by atoms with Crippen LogP contribution in [0.5, 0.6) is 0 Å². The van der Waals surface area contributed by atoms with E-state index >= 15 is 0 Å². The van der Waals surface area contributed by atoms with E-state index in [0.29, 0.717) is 0 Å². The summed E-state index contributed by atoms with van der Waals surface area (Å²) >= 11 is -4.46. The van der Waals surface area contributed by atoms with Crippen molar-refractivity contribution < 1.29 is 32.7 Å². The summed E-state index contributed by atoms with van der Waals surface area (Å²) in [6.07, 6.45) is 17.0. The number of rotatable bonds is 28. The van der Waals surface area contributed by atoms with Gasteiger partial charge in [-0.1, -0.05) is 0 Å². The van der Waals surface area contributed by atoms with E-state index in [1.54, 1.807) is 0 Å². The van der Waals surface area contributed by atoms with Gasteiger partial charge in [-0.15, -0.1) is 0 Å². The molecule has 0 saturated carbocycles. The van der Waals surface area contributed by atoms with Gasteiger partial charge in [-0.05, 0) is 0 Å². The van der Waals surface area contributed by atoms with Gasteiger partial charge in [0.25, 0.3) is 0 Å². The van der Waals surface area contributed by atoms with E-state index in [4.69, 9.17) is 10.6 Å². The predicted octanol–water partition coefficient (Wildman–Crippen LogP) is 12.2. The van der Waals surface area contributed by atoms with Crippen LogP contribution in [0.25, 0.3) is 0 Å². The fourth-order valence-corrected chi connectivity index (χ4v) is 33.0. The molecule has 0 heterocycles. The van der Waals surface area contributed by atoms with Gasteiger partial charge in [-0.3, -0.25) is 0 Å². The van der Waals surface area contributed by atoms with Crippen molar-refractivity contribution in [3.8, 4) is 0 Å². The maximum absolute atomic E-state index is 7.79. The van der Waals surface area contributed by atoms with Crippen LogP contribution in [-0.2, 0) is 32.7 Å². The van der Waals surface area contributed by atoms with Crippen molar-refractivity contribution >= 4 is 16.6 Å². The van der Waals surface area contributed by atoms with Crippen LogP contribution < -0.4 is 0 Å². The molecule has 0 aromatic heterocycles. The molecular weight excluding hydrogens is 596 g/mol. The van der Waals surface area contributed by atoms with Crippen molar-refractivity contribution in [3.63, 3.8) is 0 Å². The molecule has 0 aliphatic carbocycles. The van der Waals surface area contributed by atoms with Gasteiger partial charge in [0, 0.05) is 0 Å². The van der Waals surface area contributed by atoms with Crippen LogP contribution in [0.1, 0.15) is 159 Å². The van der Waals surface area contributed by atoms with Crippen LogP contribution >= 0.6 is 0 Å². The minimum absolute atomic E-state index is 0.107. The molecule has 2 unspecified atom stereocenters. The molecule has 0 bridgehead atoms. The van der Waals surface area contributed by atoms with Gasteiger partial charge in [-0.25, -0.2) is 0 Å². The van der Waals surface area contributed by atoms with Gasteiger partial charge in [0.2, 0.25) is 0 Å². The van der Waals surface area contributed by atoms with Gasteiger partial charge in [0.15, 0.2) is 0 Å². The topological polar surface area (TPSA) is 36.9 Å². The van der Waals surface area contributed by atoms with Crippen LogP contribution in [-0.4, -0.2) is 28.8 Å². The van der Waals surface area contributed by atoms with Gasteiger partial charge in [-0.2, -0.15) is 0 Å². The normalized spacial score (nSPS) is 14.6. The monoisotopic (exact) mass is 666 g/mol. The third kappa shape index (κ3) is 16.5. The molecule has 0 aromatic rings. The van der Waals surface area contributed by atoms with Gasteiger partial charge in [0.05, 0.1) is 0 Å². The quantitative estimate of drug-likeness (QED) is 0.0778. The van der Waals surface area contributed by atoms with Crippen LogP contribution in [0, 0.1) is 0 Å². The number of hydrogen-bond acceptors (Lipinski definition) is 4. The van der Waals surface area contributed by atoms with E-state index in [1.165, 1.54) is 113 Å². The first-order chi connectivity index (χ1) is 18.7. The van der Waals surface area contributed by atoms with E-state index in [9.17, 15) is 0 Å². The number of hydrogen-bond donors (Lipinski definition) is 0. The fraction of sp³-hybridized carbons (Fsp3) is 1.00. The molecule has 0 saturated heterocycles. The zero-order valence-corrected chi connectivity index (χ0v) is 32.9. The molecule has 0 rings (SSSR count). The second-order valence-corrected chi connectivity index (χ2v) is 27.1. The molecule has 4 nitrogen and oxygen atoms in total. The van der Waals surface area contributed by atoms with E-state index in [0.717, 1.165) is 12.8 Å². The van der Waals surface area contributed by atoms with Crippen LogP contribution in [0.15, 0.2) is 0 Å². The Morgan fingerprint density at radius 3 is 0.846 bits per heavy atom. The summed E-state index contributed by atoms with van der Waals surface area (Å²) in [5, 5.41) is 0. The van der Waals surface area contributed by atoms with Crippen molar-refractivity contribution in [1.82, 2.24) is 0 Å². The summed E-state index contributed by atoms with van der Waals surface area (Å²) in [6, 6.07) is 7.37. The minimum atomic E-state index is -4.46. The molecule has 0 fully saturated rings. The molecule has 0 amide bonds. The van der Waals surface area contributed by atoms with Crippen LogP contribution in [0.4, 0.5) is 0 Å². The average molecular weight is 668 g/mol. The third-order valence-electron chi connectivity index (χ3n) is 8.44. The maximum atomic E-state index is 7.79. The Labute approximate surface area is 255 Å². The van der Waals surface area contributed by atoms with Crippen LogP contribution in [0.3, 0.4) is 0 Å². The molecule has 2 atom stereocenters. The van der Waals surface area contributed by atoms with Crippen molar-refractivity contribution in [2.24, 2.45) is 0 Å². The zero-order chi connectivity index (χ0) is 29.6. The summed E-state index contributed by atoms with van der Waals surface area (Å²) in [6.45, 7) is 22.9. The van der Waals surface area contributed by atoms with E-state index in [2.05, 4.69) is 69.2 Å². The molecule has 0 aliphatic rings. The Bertz CT molecular complexity index is 475. The molecule has 39 heavy (non-hydrogen) atoms. The molecule has 0 radical (unpaired) electrons. The first-order valence-corrected chi connectivity index (χ1v) is 26.5. The zero-order valence-electron chi connectivity index (χ0n) is 28.4. The average Bonchev–Trinajstić information content (AvgIpc) is 2.94. The molecule has 0 spiro atoms. The van der Waals surface area contributed by atoms with Gasteiger partial charge >= 0.3 is 257 Å². The first-order valence-electron chi connectivity index (χ1n) is 17.4. The summed E-state index contributed by atoms with van der Waals surface area (Å²) < 4.78 is 29.9. The van der Waals surface area contributed by atoms with Crippen molar-refractivity contribution in [2.45, 2.75) is 208 Å². The molecule has 0 N–H and O–H groups in total. The van der Waals surface area contributed by atoms with E-state index in [-0.39, 0.29) is 12.2 Å². The Morgan fingerprint density at radius 1 is 0.436 bits per heavy atom. The van der Waals surface area contributed by atoms with Gasteiger partial charge < -0.3 is 0 Å². The van der Waals surface area contributed by atoms with Crippen molar-refractivity contribution in [3.05, 3.63) is 0 Å². The molecule has 0 aromatic carbocycles. The number of unbranched alkanes of at least 4 members (excludes halogenated alkanes) is 6. The summed E-state index contributed by atoms with van der Waals surface area (Å²) in [4.78, 5) is 0. The third-order valence-corrected chi connectivity index (χ3v) is 30.9. The SMILES string of the molecule is CCCC[Si](CCCC)(CCCC)[O][Zr]([O]C(C)CC)([O]C(C)CC)[O][Si](CCCC)(CCCC)CCCC. The van der Waals surface area contributed by atoms with Crippen molar-refractivity contribution in [1.29, 1.82) is 0 Å². The second-order valence-electron chi connectivity index (χ2n) is 12.4. The standard InChI is InChI=1S/2C12H27OSi.2C4H9O.Zr/c2*1-4-7-10-14(13,11-8-5-2)12-9-6-3;2*1-3-4(2)5;/h2*4-12H2,1-3H3;2*4H,3H2,1-2H3;/q4*-1;+4. The Hall–Kier alpha value is 1.16. The summed E-state index contributed by atoms with van der Waals surface area (Å²) in [5.74, 6) is 0. The van der Waals surface area contributed by atoms with Crippen LogP contribution in [0.2, 0.25) is 36.3 Å². The summed E-state index contributed by atoms with van der Waals surface area (Å²) in [5.41, 5.74) is 0. The second kappa shape index (κ2) is 23.6. The fourth-order valence-electron chi connectivity index (χ4n) is 5.38.